The molecule has 0 saturated carbocycles. The van der Waals surface area contributed by atoms with Gasteiger partial charge in [0.2, 0.25) is 0 Å². The van der Waals surface area contributed by atoms with Gasteiger partial charge in [0.05, 0.1) is 29.0 Å². The van der Waals surface area contributed by atoms with E-state index in [1.165, 1.54) is 4.70 Å². The first-order valence-corrected chi connectivity index (χ1v) is 11.5. The average Bonchev–Trinajstić information content (AvgIpc) is 3.18. The molecule has 7 heteroatoms. The van der Waals surface area contributed by atoms with E-state index in [1.54, 1.807) is 30.4 Å². The van der Waals surface area contributed by atoms with E-state index in [4.69, 9.17) is 26.1 Å². The van der Waals surface area contributed by atoms with Crippen LogP contribution in [0.1, 0.15) is 36.5 Å². The fourth-order valence-electron chi connectivity index (χ4n) is 3.71. The number of nitrogens with zero attached hydrogens (tertiary/aromatic N) is 2. The number of benzene rings is 2. The summed E-state index contributed by atoms with van der Waals surface area (Å²) in [6, 6.07) is 13.1. The number of hydrogen-bond acceptors (Lipinski definition) is 6. The molecule has 0 aliphatic carbocycles. The third kappa shape index (κ3) is 5.05. The molecule has 0 unspecified atom stereocenters. The van der Waals surface area contributed by atoms with Gasteiger partial charge >= 0.3 is 5.97 Å². The number of halogens is 1. The highest BCUT2D eigenvalue weighted by Crippen LogP contribution is 2.33. The van der Waals surface area contributed by atoms with Crippen molar-refractivity contribution in [2.75, 3.05) is 31.2 Å². The number of carbonyl (C=O) groups is 1. The first kappa shape index (κ1) is 20.9. The zero-order valence-electron chi connectivity index (χ0n) is 17.0. The van der Waals surface area contributed by atoms with Gasteiger partial charge in [-0.25, -0.2) is 9.78 Å². The third-order valence-corrected chi connectivity index (χ3v) is 6.70. The lowest BCUT2D eigenvalue weighted by molar-refractivity contribution is 0.0526. The maximum absolute atomic E-state index is 11.8. The van der Waals surface area contributed by atoms with Crippen LogP contribution < -0.4 is 9.64 Å². The Kier molecular flexibility index (Phi) is 6.75. The van der Waals surface area contributed by atoms with Crippen molar-refractivity contribution >= 4 is 44.3 Å². The van der Waals surface area contributed by atoms with Crippen LogP contribution >= 0.6 is 22.9 Å². The average molecular weight is 445 g/mol. The van der Waals surface area contributed by atoms with Gasteiger partial charge in [-0.3, -0.25) is 0 Å². The maximum Gasteiger partial charge on any atom is 0.338 e. The molecule has 0 spiro atoms. The molecule has 2 heterocycles. The van der Waals surface area contributed by atoms with Gasteiger partial charge in [-0.1, -0.05) is 29.0 Å². The lowest BCUT2D eigenvalue weighted by atomic mass is 9.94. The second-order valence-corrected chi connectivity index (χ2v) is 8.87. The minimum atomic E-state index is -0.313. The van der Waals surface area contributed by atoms with Crippen molar-refractivity contribution in [3.05, 3.63) is 53.1 Å². The molecule has 158 valence electrons. The second kappa shape index (κ2) is 9.67. The Morgan fingerprint density at radius 2 is 2.07 bits per heavy atom. The van der Waals surface area contributed by atoms with Crippen molar-refractivity contribution in [3.8, 4) is 5.75 Å². The van der Waals surface area contributed by atoms with Gasteiger partial charge in [0.1, 0.15) is 5.75 Å². The number of ether oxygens (including phenoxy) is 2. The quantitative estimate of drug-likeness (QED) is 0.430. The highest BCUT2D eigenvalue weighted by molar-refractivity contribution is 7.22. The topological polar surface area (TPSA) is 51.7 Å². The minimum absolute atomic E-state index is 0.313. The van der Waals surface area contributed by atoms with Crippen LogP contribution in [0.2, 0.25) is 5.02 Å². The summed E-state index contributed by atoms with van der Waals surface area (Å²) in [5, 5.41) is 1.81. The number of anilines is 1. The second-order valence-electron chi connectivity index (χ2n) is 7.42. The van der Waals surface area contributed by atoms with Crippen molar-refractivity contribution in [1.82, 2.24) is 4.98 Å². The Morgan fingerprint density at radius 1 is 1.23 bits per heavy atom. The molecule has 3 aromatic rings. The summed E-state index contributed by atoms with van der Waals surface area (Å²) < 4.78 is 12.1. The molecule has 5 nitrogen and oxygen atoms in total. The van der Waals surface area contributed by atoms with Gasteiger partial charge in [-0.2, -0.15) is 0 Å². The first-order chi connectivity index (χ1) is 14.6. The largest absolute Gasteiger partial charge is 0.494 e. The van der Waals surface area contributed by atoms with Crippen molar-refractivity contribution in [2.45, 2.75) is 26.2 Å². The smallest absolute Gasteiger partial charge is 0.338 e. The van der Waals surface area contributed by atoms with Crippen molar-refractivity contribution < 1.29 is 14.3 Å². The molecule has 2 aromatic carbocycles. The highest BCUT2D eigenvalue weighted by Gasteiger charge is 2.21. The molecular formula is C23H25ClN2O3S. The number of aromatic nitrogens is 1. The van der Waals surface area contributed by atoms with Crippen LogP contribution in [0, 0.1) is 5.92 Å². The summed E-state index contributed by atoms with van der Waals surface area (Å²) in [5.74, 6) is 1.04. The van der Waals surface area contributed by atoms with Gasteiger partial charge in [0.25, 0.3) is 0 Å². The highest BCUT2D eigenvalue weighted by atomic mass is 35.5. The Morgan fingerprint density at radius 3 is 2.87 bits per heavy atom. The van der Waals surface area contributed by atoms with Gasteiger partial charge in [0.15, 0.2) is 5.13 Å². The summed E-state index contributed by atoms with van der Waals surface area (Å²) in [5.41, 5.74) is 1.50. The van der Waals surface area contributed by atoms with Gasteiger partial charge in [-0.05, 0) is 68.5 Å². The Bertz CT molecular complexity index is 1010. The number of rotatable bonds is 7. The van der Waals surface area contributed by atoms with Crippen molar-refractivity contribution in [2.24, 2.45) is 5.92 Å². The monoisotopic (exact) mass is 444 g/mol. The molecule has 0 radical (unpaired) electrons. The van der Waals surface area contributed by atoms with E-state index in [9.17, 15) is 4.79 Å². The zero-order chi connectivity index (χ0) is 20.9. The van der Waals surface area contributed by atoms with Crippen LogP contribution in [-0.4, -0.2) is 37.3 Å². The molecule has 30 heavy (non-hydrogen) atoms. The van der Waals surface area contributed by atoms with E-state index in [0.29, 0.717) is 30.4 Å². The van der Waals surface area contributed by atoms with Crippen molar-refractivity contribution in [3.63, 3.8) is 0 Å². The molecule has 4 rings (SSSR count). The van der Waals surface area contributed by atoms with E-state index in [-0.39, 0.29) is 5.97 Å². The molecule has 1 aromatic heterocycles. The van der Waals surface area contributed by atoms with Gasteiger partial charge in [-0.15, -0.1) is 0 Å². The van der Waals surface area contributed by atoms with E-state index in [1.807, 2.05) is 30.3 Å². The number of thiazole rings is 1. The minimum Gasteiger partial charge on any atom is -0.494 e. The van der Waals surface area contributed by atoms with E-state index in [0.717, 1.165) is 48.0 Å². The Hall–Kier alpha value is -2.31. The van der Waals surface area contributed by atoms with E-state index >= 15 is 0 Å². The lowest BCUT2D eigenvalue weighted by Crippen LogP contribution is -2.34. The molecule has 1 aliphatic rings. The van der Waals surface area contributed by atoms with Gasteiger partial charge in [0, 0.05) is 18.1 Å². The standard InChI is InChI=1S/C23H25ClN2O3S/c1-2-28-22(27)17-4-3-5-19(14-17)29-13-10-16-8-11-26(12-9-16)23-25-20-15-18(24)6-7-21(20)30-23/h3-7,14-16H,2,8-13H2,1H3. The van der Waals surface area contributed by atoms with Crippen LogP contribution in [0.3, 0.4) is 0 Å². The van der Waals surface area contributed by atoms with Crippen LogP contribution in [-0.2, 0) is 4.74 Å². The predicted molar refractivity (Wildman–Crippen MR) is 122 cm³/mol. The summed E-state index contributed by atoms with van der Waals surface area (Å²) in [4.78, 5) is 19.0. The molecule has 1 saturated heterocycles. The number of fused-ring (bicyclic) bond motifs is 1. The Balaban J connectivity index is 1.25. The predicted octanol–water partition coefficient (Wildman–Crippen LogP) is 5.81. The normalized spacial score (nSPS) is 14.8. The fourth-order valence-corrected chi connectivity index (χ4v) is 4.87. The summed E-state index contributed by atoms with van der Waals surface area (Å²) in [6.07, 6.45) is 3.26. The van der Waals surface area contributed by atoms with Crippen molar-refractivity contribution in [1.29, 1.82) is 0 Å². The molecule has 0 N–H and O–H groups in total. The number of piperidine rings is 1. The summed E-state index contributed by atoms with van der Waals surface area (Å²) in [6.45, 7) is 4.84. The molecule has 0 atom stereocenters. The molecule has 0 amide bonds. The van der Waals surface area contributed by atoms with Gasteiger partial charge < -0.3 is 14.4 Å². The van der Waals surface area contributed by atoms with Crippen LogP contribution in [0.15, 0.2) is 42.5 Å². The molecule has 0 bridgehead atoms. The number of hydrogen-bond donors (Lipinski definition) is 0. The molecule has 1 aliphatic heterocycles. The number of esters is 1. The summed E-state index contributed by atoms with van der Waals surface area (Å²) in [7, 11) is 0. The lowest BCUT2D eigenvalue weighted by Gasteiger charge is -2.31. The number of carbonyl (C=O) groups excluding carboxylic acids is 1. The van der Waals surface area contributed by atoms with Crippen LogP contribution in [0.4, 0.5) is 5.13 Å². The van der Waals surface area contributed by atoms with E-state index < -0.39 is 0 Å². The third-order valence-electron chi connectivity index (χ3n) is 5.36. The summed E-state index contributed by atoms with van der Waals surface area (Å²) >= 11 is 7.81. The van der Waals surface area contributed by atoms with Crippen LogP contribution in [0.5, 0.6) is 5.75 Å². The van der Waals surface area contributed by atoms with Crippen LogP contribution in [0.25, 0.3) is 10.2 Å². The Labute approximate surface area is 185 Å². The first-order valence-electron chi connectivity index (χ1n) is 10.3. The van der Waals surface area contributed by atoms with E-state index in [2.05, 4.69) is 4.90 Å². The maximum atomic E-state index is 11.8. The molecule has 1 fully saturated rings. The molecular weight excluding hydrogens is 420 g/mol. The fraction of sp³-hybridized carbons (Fsp3) is 0.391. The zero-order valence-corrected chi connectivity index (χ0v) is 18.5. The SMILES string of the molecule is CCOC(=O)c1cccc(OCCC2CCN(c3nc4cc(Cl)ccc4s3)CC2)c1.